The highest BCUT2D eigenvalue weighted by Crippen LogP contribution is 2.04. The fraction of sp³-hybridized carbons (Fsp3) is 0.556. The van der Waals surface area contributed by atoms with Crippen LogP contribution >= 0.6 is 11.8 Å². The van der Waals surface area contributed by atoms with Crippen LogP contribution in [0.15, 0.2) is 0 Å². The number of thioether (sulfide) groups is 1. The molecule has 0 saturated carbocycles. The number of carbonyl (C=O) groups excluding carboxylic acids is 2. The molecule has 0 fully saturated rings. The van der Waals surface area contributed by atoms with Crippen LogP contribution in [0.5, 0.6) is 0 Å². The van der Waals surface area contributed by atoms with Crippen LogP contribution in [-0.4, -0.2) is 47.5 Å². The number of nitrogens with zero attached hydrogens (tertiary/aromatic N) is 1. The maximum atomic E-state index is 11.0. The largest absolute Gasteiger partial charge is 0.480 e. The van der Waals surface area contributed by atoms with Crippen molar-refractivity contribution in [2.45, 2.75) is 12.5 Å². The lowest BCUT2D eigenvalue weighted by Crippen LogP contribution is -2.36. The Balaban J connectivity index is 3.68. The summed E-state index contributed by atoms with van der Waals surface area (Å²) in [6, 6.07) is 0.843. The van der Waals surface area contributed by atoms with Gasteiger partial charge in [-0.25, -0.2) is 4.79 Å². The summed E-state index contributed by atoms with van der Waals surface area (Å²) in [6.45, 7) is -0.0379. The second-order valence-electron chi connectivity index (χ2n) is 2.95. The van der Waals surface area contributed by atoms with Crippen LogP contribution in [0.4, 0.5) is 0 Å². The molecule has 0 bridgehead atoms. The van der Waals surface area contributed by atoms with Crippen molar-refractivity contribution in [3.8, 4) is 6.07 Å². The van der Waals surface area contributed by atoms with E-state index in [0.29, 0.717) is 12.2 Å². The lowest BCUT2D eigenvalue weighted by molar-refractivity contribution is -0.140. The monoisotopic (exact) mass is 259 g/mol. The Hall–Kier alpha value is -1.75. The molecule has 0 aromatic carbocycles. The molecule has 0 aliphatic heterocycles. The second kappa shape index (κ2) is 9.47. The average molecular weight is 259 g/mol. The van der Waals surface area contributed by atoms with E-state index in [9.17, 15) is 14.4 Å². The minimum absolute atomic E-state index is 0.0379. The van der Waals surface area contributed by atoms with Crippen molar-refractivity contribution >= 4 is 30.0 Å². The van der Waals surface area contributed by atoms with Crippen LogP contribution in [-0.2, 0) is 14.4 Å². The van der Waals surface area contributed by atoms with E-state index < -0.39 is 12.0 Å². The molecule has 0 aliphatic rings. The standard InChI is InChI=1S/C9H13N3O4S/c10-2-3-11-8(14)5-17-4-1-7(9(15)16)12-6-13/h6-7H,1,3-5H2,(H,11,14)(H,12,13)(H,15,16). The number of aliphatic carboxylic acids is 1. The predicted octanol–water partition coefficient (Wildman–Crippen LogP) is -1.05. The molecule has 94 valence electrons. The highest BCUT2D eigenvalue weighted by atomic mass is 32.2. The van der Waals surface area contributed by atoms with Gasteiger partial charge in [-0.3, -0.25) is 9.59 Å². The van der Waals surface area contributed by atoms with Gasteiger partial charge in [0.15, 0.2) is 0 Å². The Morgan fingerprint density at radius 1 is 1.53 bits per heavy atom. The molecule has 1 atom stereocenters. The third kappa shape index (κ3) is 8.10. The normalized spacial score (nSPS) is 11.0. The summed E-state index contributed by atoms with van der Waals surface area (Å²) in [5.41, 5.74) is 0. The third-order valence-electron chi connectivity index (χ3n) is 1.72. The number of rotatable bonds is 9. The Kier molecular flexibility index (Phi) is 8.50. The lowest BCUT2D eigenvalue weighted by atomic mass is 10.2. The summed E-state index contributed by atoms with van der Waals surface area (Å²) in [7, 11) is 0. The Morgan fingerprint density at radius 2 is 2.24 bits per heavy atom. The molecule has 3 N–H and O–H groups in total. The topological polar surface area (TPSA) is 119 Å². The van der Waals surface area contributed by atoms with Crippen LogP contribution in [0, 0.1) is 11.3 Å². The molecule has 0 spiro atoms. The molecule has 1 unspecified atom stereocenters. The summed E-state index contributed by atoms with van der Waals surface area (Å²) in [5.74, 6) is -0.786. The molecule has 0 saturated heterocycles. The molecule has 0 aromatic heterocycles. The predicted molar refractivity (Wildman–Crippen MR) is 61.2 cm³/mol. The average Bonchev–Trinajstić information content (AvgIpc) is 2.30. The lowest BCUT2D eigenvalue weighted by Gasteiger charge is -2.10. The minimum atomic E-state index is -1.10. The molecule has 17 heavy (non-hydrogen) atoms. The highest BCUT2D eigenvalue weighted by molar-refractivity contribution is 7.99. The quantitative estimate of drug-likeness (QED) is 0.276. The van der Waals surface area contributed by atoms with Crippen molar-refractivity contribution < 1.29 is 19.5 Å². The number of nitrogens with one attached hydrogen (secondary N) is 2. The van der Waals surface area contributed by atoms with Crippen LogP contribution in [0.3, 0.4) is 0 Å². The van der Waals surface area contributed by atoms with Crippen molar-refractivity contribution in [2.75, 3.05) is 18.1 Å². The summed E-state index contributed by atoms with van der Waals surface area (Å²) >= 11 is 1.24. The van der Waals surface area contributed by atoms with Crippen LogP contribution < -0.4 is 10.6 Å². The number of amides is 2. The van der Waals surface area contributed by atoms with E-state index in [-0.39, 0.29) is 24.6 Å². The van der Waals surface area contributed by atoms with Gasteiger partial charge in [0, 0.05) is 0 Å². The summed E-state index contributed by atoms with van der Waals surface area (Å²) < 4.78 is 0. The van der Waals surface area contributed by atoms with Gasteiger partial charge >= 0.3 is 5.97 Å². The van der Waals surface area contributed by atoms with E-state index in [1.807, 2.05) is 0 Å². The van der Waals surface area contributed by atoms with Gasteiger partial charge in [-0.05, 0) is 12.2 Å². The molecule has 0 aliphatic carbocycles. The zero-order chi connectivity index (χ0) is 13.1. The van der Waals surface area contributed by atoms with Crippen LogP contribution in [0.25, 0.3) is 0 Å². The second-order valence-corrected chi connectivity index (χ2v) is 4.06. The summed E-state index contributed by atoms with van der Waals surface area (Å²) in [4.78, 5) is 31.8. The first-order valence-electron chi connectivity index (χ1n) is 4.75. The Bertz CT molecular complexity index is 316. The molecule has 7 nitrogen and oxygen atoms in total. The Labute approximate surface area is 103 Å². The fourth-order valence-electron chi connectivity index (χ4n) is 0.915. The molecule has 0 rings (SSSR count). The molecule has 0 radical (unpaired) electrons. The molecule has 2 amide bonds. The van der Waals surface area contributed by atoms with Crippen molar-refractivity contribution in [3.05, 3.63) is 0 Å². The highest BCUT2D eigenvalue weighted by Gasteiger charge is 2.15. The molecule has 8 heteroatoms. The van der Waals surface area contributed by atoms with E-state index in [2.05, 4.69) is 10.6 Å². The van der Waals surface area contributed by atoms with Crippen LogP contribution in [0.2, 0.25) is 0 Å². The number of carboxylic acids is 1. The smallest absolute Gasteiger partial charge is 0.326 e. The number of carboxylic acid groups (broad SMARTS) is 1. The van der Waals surface area contributed by atoms with Crippen molar-refractivity contribution in [2.24, 2.45) is 0 Å². The van der Waals surface area contributed by atoms with Crippen molar-refractivity contribution in [1.29, 1.82) is 5.26 Å². The third-order valence-corrected chi connectivity index (χ3v) is 2.71. The van der Waals surface area contributed by atoms with Gasteiger partial charge in [-0.1, -0.05) is 0 Å². The zero-order valence-corrected chi connectivity index (χ0v) is 9.83. The SMILES string of the molecule is N#CCNC(=O)CSCCC(NC=O)C(=O)O. The zero-order valence-electron chi connectivity index (χ0n) is 9.01. The molecule has 0 aromatic rings. The fourth-order valence-corrected chi connectivity index (χ4v) is 1.75. The van der Waals surface area contributed by atoms with Crippen molar-refractivity contribution in [3.63, 3.8) is 0 Å². The number of nitriles is 1. The van der Waals surface area contributed by atoms with E-state index in [0.717, 1.165) is 0 Å². The van der Waals surface area contributed by atoms with Gasteiger partial charge < -0.3 is 15.7 Å². The first-order chi connectivity index (χ1) is 8.11. The van der Waals surface area contributed by atoms with Gasteiger partial charge in [0.2, 0.25) is 12.3 Å². The minimum Gasteiger partial charge on any atom is -0.480 e. The van der Waals surface area contributed by atoms with Gasteiger partial charge in [-0.15, -0.1) is 0 Å². The number of carbonyl (C=O) groups is 3. The number of hydrogen-bond donors (Lipinski definition) is 3. The van der Waals surface area contributed by atoms with E-state index in [1.54, 1.807) is 6.07 Å². The summed E-state index contributed by atoms with van der Waals surface area (Å²) in [5, 5.41) is 21.4. The van der Waals surface area contributed by atoms with Gasteiger partial charge in [0.25, 0.3) is 0 Å². The number of hydrogen-bond acceptors (Lipinski definition) is 5. The first kappa shape index (κ1) is 15.2. The maximum absolute atomic E-state index is 11.0. The van der Waals surface area contributed by atoms with Crippen LogP contribution in [0.1, 0.15) is 6.42 Å². The van der Waals surface area contributed by atoms with E-state index in [4.69, 9.17) is 10.4 Å². The maximum Gasteiger partial charge on any atom is 0.326 e. The molecule has 0 heterocycles. The van der Waals surface area contributed by atoms with Crippen molar-refractivity contribution in [1.82, 2.24) is 10.6 Å². The van der Waals surface area contributed by atoms with Gasteiger partial charge in [0.1, 0.15) is 12.6 Å². The van der Waals surface area contributed by atoms with E-state index in [1.165, 1.54) is 11.8 Å². The summed E-state index contributed by atoms with van der Waals surface area (Å²) in [6.07, 6.45) is 0.577. The molecular weight excluding hydrogens is 246 g/mol. The molecular formula is C9H13N3O4S. The van der Waals surface area contributed by atoms with Gasteiger partial charge in [-0.2, -0.15) is 17.0 Å². The van der Waals surface area contributed by atoms with E-state index >= 15 is 0 Å². The Morgan fingerprint density at radius 3 is 2.76 bits per heavy atom. The first-order valence-corrected chi connectivity index (χ1v) is 5.91. The van der Waals surface area contributed by atoms with Gasteiger partial charge in [0.05, 0.1) is 11.8 Å².